The fraction of sp³-hybridized carbons (Fsp3) is 0.636. The average molecular weight is 268 g/mol. The quantitative estimate of drug-likeness (QED) is 0.507. The van der Waals surface area contributed by atoms with Crippen molar-refractivity contribution in [3.63, 3.8) is 0 Å². The Hall–Kier alpha value is -2.30. The molecule has 0 aromatic carbocycles. The van der Waals surface area contributed by atoms with Gasteiger partial charge >= 0.3 is 17.9 Å². The Morgan fingerprint density at radius 1 is 1.21 bits per heavy atom. The molecule has 0 bridgehead atoms. The largest absolute Gasteiger partial charge is 0.450 e. The summed E-state index contributed by atoms with van der Waals surface area (Å²) in [5.74, 6) is -1.48. The fourth-order valence-corrected chi connectivity index (χ4v) is 1.65. The fourth-order valence-electron chi connectivity index (χ4n) is 1.65. The molecule has 1 N–H and O–H groups in total. The second-order valence-electron chi connectivity index (χ2n) is 3.82. The zero-order chi connectivity index (χ0) is 14.3. The maximum Gasteiger partial charge on any atom is 0.409 e. The number of piperazine rings is 1. The van der Waals surface area contributed by atoms with E-state index in [-0.39, 0.29) is 19.6 Å². The number of carbonyl (C=O) groups excluding carboxylic acids is 3. The summed E-state index contributed by atoms with van der Waals surface area (Å²) < 4.78 is 4.85. The molecule has 0 aromatic rings. The maximum absolute atomic E-state index is 11.7. The molecule has 0 spiro atoms. The lowest BCUT2D eigenvalue weighted by Gasteiger charge is -2.33. The number of nitrogens with one attached hydrogen (secondary N) is 1. The number of hydrogen-bond donors (Lipinski definition) is 1. The van der Waals surface area contributed by atoms with Crippen molar-refractivity contribution in [1.82, 2.24) is 15.1 Å². The molecule has 0 aliphatic carbocycles. The van der Waals surface area contributed by atoms with E-state index in [0.717, 1.165) is 0 Å². The lowest BCUT2D eigenvalue weighted by molar-refractivity contribution is -0.146. The first-order chi connectivity index (χ1) is 9.10. The van der Waals surface area contributed by atoms with Crippen molar-refractivity contribution in [3.05, 3.63) is 0 Å². The molecule has 19 heavy (non-hydrogen) atoms. The number of hydrogen-bond acceptors (Lipinski definition) is 5. The first kappa shape index (κ1) is 14.8. The molecule has 0 aromatic heterocycles. The summed E-state index contributed by atoms with van der Waals surface area (Å²) in [5.41, 5.74) is 0. The van der Waals surface area contributed by atoms with Crippen LogP contribution in [0.5, 0.6) is 0 Å². The topological polar surface area (TPSA) is 103 Å². The summed E-state index contributed by atoms with van der Waals surface area (Å²) in [6.07, 6.45) is -0.413. The van der Waals surface area contributed by atoms with E-state index >= 15 is 0 Å². The standard InChI is InChI=1S/C11H16N4O4/c1-2-19-11(18)15-7-5-14(6-8-15)10(17)9(16)13-4-3-12/h2,4-8H2,1H3,(H,13,16). The molecule has 1 saturated heterocycles. The molecular weight excluding hydrogens is 252 g/mol. The molecule has 1 rings (SSSR count). The van der Waals surface area contributed by atoms with Gasteiger partial charge in [-0.05, 0) is 6.92 Å². The van der Waals surface area contributed by atoms with Crippen LogP contribution in [0.4, 0.5) is 4.79 Å². The number of rotatable bonds is 2. The Labute approximate surface area is 110 Å². The van der Waals surface area contributed by atoms with Gasteiger partial charge in [-0.15, -0.1) is 0 Å². The van der Waals surface area contributed by atoms with E-state index in [1.165, 1.54) is 9.80 Å². The Kier molecular flexibility index (Phi) is 5.60. The first-order valence-corrected chi connectivity index (χ1v) is 5.96. The maximum atomic E-state index is 11.7. The molecule has 8 nitrogen and oxygen atoms in total. The summed E-state index contributed by atoms with van der Waals surface area (Å²) in [4.78, 5) is 37.3. The molecule has 1 aliphatic rings. The SMILES string of the molecule is CCOC(=O)N1CCN(C(=O)C(=O)NCC#N)CC1. The molecule has 3 amide bonds. The third-order valence-corrected chi connectivity index (χ3v) is 2.62. The van der Waals surface area contributed by atoms with E-state index in [9.17, 15) is 14.4 Å². The van der Waals surface area contributed by atoms with Crippen LogP contribution >= 0.6 is 0 Å². The van der Waals surface area contributed by atoms with Gasteiger partial charge < -0.3 is 19.9 Å². The monoisotopic (exact) mass is 268 g/mol. The van der Waals surface area contributed by atoms with Gasteiger partial charge in [0.05, 0.1) is 12.7 Å². The molecule has 0 saturated carbocycles. The van der Waals surface area contributed by atoms with Crippen molar-refractivity contribution in [2.75, 3.05) is 39.3 Å². The summed E-state index contributed by atoms with van der Waals surface area (Å²) >= 11 is 0. The average Bonchev–Trinajstić information content (AvgIpc) is 2.44. The highest BCUT2D eigenvalue weighted by molar-refractivity contribution is 6.35. The number of nitriles is 1. The zero-order valence-corrected chi connectivity index (χ0v) is 10.7. The molecule has 0 atom stereocenters. The summed E-state index contributed by atoms with van der Waals surface area (Å²) in [6, 6.07) is 1.72. The molecule has 8 heteroatoms. The van der Waals surface area contributed by atoms with Crippen LogP contribution in [0.25, 0.3) is 0 Å². The molecule has 1 heterocycles. The van der Waals surface area contributed by atoms with Crippen molar-refractivity contribution in [2.45, 2.75) is 6.92 Å². The predicted molar refractivity (Wildman–Crippen MR) is 63.8 cm³/mol. The van der Waals surface area contributed by atoms with Crippen LogP contribution in [0.1, 0.15) is 6.92 Å². The first-order valence-electron chi connectivity index (χ1n) is 5.96. The second-order valence-corrected chi connectivity index (χ2v) is 3.82. The van der Waals surface area contributed by atoms with Crippen LogP contribution < -0.4 is 5.32 Å². The van der Waals surface area contributed by atoms with Gasteiger partial charge in [-0.2, -0.15) is 5.26 Å². The second kappa shape index (κ2) is 7.20. The predicted octanol–water partition coefficient (Wildman–Crippen LogP) is -1.07. The van der Waals surface area contributed by atoms with E-state index in [2.05, 4.69) is 5.32 Å². The normalized spacial score (nSPS) is 14.5. The van der Waals surface area contributed by atoms with Crippen LogP contribution in [-0.4, -0.2) is 67.0 Å². The number of amides is 3. The lowest BCUT2D eigenvalue weighted by atomic mass is 10.3. The van der Waals surface area contributed by atoms with E-state index in [1.807, 2.05) is 0 Å². The van der Waals surface area contributed by atoms with E-state index in [1.54, 1.807) is 13.0 Å². The van der Waals surface area contributed by atoms with Crippen molar-refractivity contribution >= 4 is 17.9 Å². The summed E-state index contributed by atoms with van der Waals surface area (Å²) in [6.45, 7) is 3.03. The third kappa shape index (κ3) is 4.13. The van der Waals surface area contributed by atoms with Gasteiger partial charge in [0.15, 0.2) is 0 Å². The molecule has 1 aliphatic heterocycles. The highest BCUT2D eigenvalue weighted by Crippen LogP contribution is 2.04. The highest BCUT2D eigenvalue weighted by atomic mass is 16.6. The molecule has 0 unspecified atom stereocenters. The van der Waals surface area contributed by atoms with Gasteiger partial charge in [0.1, 0.15) is 6.54 Å². The molecular formula is C11H16N4O4. The summed E-state index contributed by atoms with van der Waals surface area (Å²) in [7, 11) is 0. The Morgan fingerprint density at radius 2 is 1.79 bits per heavy atom. The van der Waals surface area contributed by atoms with Gasteiger partial charge in [-0.3, -0.25) is 9.59 Å². The van der Waals surface area contributed by atoms with Crippen molar-refractivity contribution in [2.24, 2.45) is 0 Å². The minimum absolute atomic E-state index is 0.201. The van der Waals surface area contributed by atoms with Gasteiger partial charge in [-0.25, -0.2) is 4.79 Å². The highest BCUT2D eigenvalue weighted by Gasteiger charge is 2.27. The van der Waals surface area contributed by atoms with Gasteiger partial charge in [0.25, 0.3) is 0 Å². The Balaban J connectivity index is 2.41. The number of carbonyl (C=O) groups is 3. The van der Waals surface area contributed by atoms with Crippen molar-refractivity contribution in [3.8, 4) is 6.07 Å². The summed E-state index contributed by atoms with van der Waals surface area (Å²) in [5, 5.41) is 10.5. The van der Waals surface area contributed by atoms with Crippen molar-refractivity contribution in [1.29, 1.82) is 5.26 Å². The van der Waals surface area contributed by atoms with E-state index < -0.39 is 17.9 Å². The molecule has 104 valence electrons. The van der Waals surface area contributed by atoms with Gasteiger partial charge in [0, 0.05) is 26.2 Å². The number of ether oxygens (including phenoxy) is 1. The minimum Gasteiger partial charge on any atom is -0.450 e. The lowest BCUT2D eigenvalue weighted by Crippen LogP contribution is -2.54. The van der Waals surface area contributed by atoms with E-state index in [4.69, 9.17) is 10.00 Å². The van der Waals surface area contributed by atoms with Crippen molar-refractivity contribution < 1.29 is 19.1 Å². The molecule has 0 radical (unpaired) electrons. The van der Waals surface area contributed by atoms with Crippen LogP contribution in [0.15, 0.2) is 0 Å². The smallest absolute Gasteiger partial charge is 0.409 e. The minimum atomic E-state index is -0.800. The van der Waals surface area contributed by atoms with E-state index in [0.29, 0.717) is 19.7 Å². The third-order valence-electron chi connectivity index (χ3n) is 2.62. The zero-order valence-electron chi connectivity index (χ0n) is 10.7. The van der Waals surface area contributed by atoms with Gasteiger partial charge in [-0.1, -0.05) is 0 Å². The van der Waals surface area contributed by atoms with Crippen LogP contribution in [0.2, 0.25) is 0 Å². The van der Waals surface area contributed by atoms with Crippen LogP contribution in [0.3, 0.4) is 0 Å². The molecule has 1 fully saturated rings. The Bertz CT molecular complexity index is 396. The van der Waals surface area contributed by atoms with Gasteiger partial charge in [0.2, 0.25) is 0 Å². The van der Waals surface area contributed by atoms with Crippen LogP contribution in [0, 0.1) is 11.3 Å². The van der Waals surface area contributed by atoms with Crippen LogP contribution in [-0.2, 0) is 14.3 Å². The number of nitrogens with zero attached hydrogens (tertiary/aromatic N) is 3. The Morgan fingerprint density at radius 3 is 2.32 bits per heavy atom.